The van der Waals surface area contributed by atoms with Crippen molar-refractivity contribution in [1.82, 2.24) is 4.90 Å². The van der Waals surface area contributed by atoms with E-state index in [0.717, 1.165) is 37.5 Å². The van der Waals surface area contributed by atoms with Gasteiger partial charge < -0.3 is 14.2 Å². The van der Waals surface area contributed by atoms with Crippen LogP contribution in [0.1, 0.15) is 11.1 Å². The first-order valence-electron chi connectivity index (χ1n) is 6.85. The Bertz CT molecular complexity index is 520. The van der Waals surface area contributed by atoms with Crippen LogP contribution in [-0.4, -0.2) is 49.9 Å². The number of ether oxygens (including phenoxy) is 3. The summed E-state index contributed by atoms with van der Waals surface area (Å²) < 4.78 is 16.9. The Morgan fingerprint density at radius 2 is 2.05 bits per heavy atom. The number of methoxy groups -OCH3 is 1. The lowest BCUT2D eigenvalue weighted by atomic mass is 9.83. The Hall–Kier alpha value is -1.17. The number of benzene rings is 1. The molecule has 0 saturated carbocycles. The zero-order valence-electron chi connectivity index (χ0n) is 11.8. The third kappa shape index (κ3) is 2.30. The minimum Gasteiger partial charge on any atom is -0.496 e. The van der Waals surface area contributed by atoms with Gasteiger partial charge >= 0.3 is 0 Å². The van der Waals surface area contributed by atoms with Crippen LogP contribution in [0.4, 0.5) is 0 Å². The Labute approximate surface area is 124 Å². The van der Waals surface area contributed by atoms with Crippen LogP contribution in [0.15, 0.2) is 12.1 Å². The fourth-order valence-electron chi connectivity index (χ4n) is 3.25. The summed E-state index contributed by atoms with van der Waals surface area (Å²) in [7, 11) is 3.87. The lowest BCUT2D eigenvalue weighted by Gasteiger charge is -2.43. The van der Waals surface area contributed by atoms with E-state index in [4.69, 9.17) is 26.4 Å². The second-order valence-electron chi connectivity index (χ2n) is 5.30. The minimum atomic E-state index is 0.223. The molecule has 5 heteroatoms. The van der Waals surface area contributed by atoms with Crippen LogP contribution in [0.3, 0.4) is 0 Å². The first kappa shape index (κ1) is 13.8. The van der Waals surface area contributed by atoms with Crippen molar-refractivity contribution in [3.8, 4) is 11.5 Å². The van der Waals surface area contributed by atoms with Gasteiger partial charge in [0.25, 0.3) is 0 Å². The molecule has 1 aromatic rings. The van der Waals surface area contributed by atoms with Gasteiger partial charge in [0.2, 0.25) is 0 Å². The molecule has 2 unspecified atom stereocenters. The van der Waals surface area contributed by atoms with Crippen LogP contribution in [0.5, 0.6) is 11.5 Å². The van der Waals surface area contributed by atoms with E-state index in [9.17, 15) is 0 Å². The SMILES string of the molecule is COc1ccc(OC=S)c2c1CC1C(C2)OCCN1C. The van der Waals surface area contributed by atoms with E-state index in [2.05, 4.69) is 11.9 Å². The van der Waals surface area contributed by atoms with Gasteiger partial charge in [-0.2, -0.15) is 0 Å². The zero-order chi connectivity index (χ0) is 14.1. The van der Waals surface area contributed by atoms with Crippen LogP contribution < -0.4 is 9.47 Å². The second kappa shape index (κ2) is 5.68. The molecule has 2 atom stereocenters. The van der Waals surface area contributed by atoms with Crippen molar-refractivity contribution in [3.05, 3.63) is 23.3 Å². The lowest BCUT2D eigenvalue weighted by molar-refractivity contribution is -0.0647. The number of morpholine rings is 1. The third-order valence-electron chi connectivity index (χ3n) is 4.33. The predicted molar refractivity (Wildman–Crippen MR) is 80.8 cm³/mol. The van der Waals surface area contributed by atoms with E-state index >= 15 is 0 Å². The summed E-state index contributed by atoms with van der Waals surface area (Å²) in [5.74, 6) is 1.75. The van der Waals surface area contributed by atoms with Gasteiger partial charge in [0.15, 0.2) is 5.55 Å². The molecule has 2 aliphatic rings. The highest BCUT2D eigenvalue weighted by Gasteiger charge is 2.37. The molecule has 1 heterocycles. The Kier molecular flexibility index (Phi) is 3.92. The quantitative estimate of drug-likeness (QED) is 0.794. The number of hydrogen-bond acceptors (Lipinski definition) is 5. The Balaban J connectivity index is 2.02. The molecule has 0 amide bonds. The van der Waals surface area contributed by atoms with Crippen molar-refractivity contribution in [3.63, 3.8) is 0 Å². The monoisotopic (exact) mass is 293 g/mol. The highest BCUT2D eigenvalue weighted by Crippen LogP contribution is 2.38. The van der Waals surface area contributed by atoms with E-state index in [1.165, 1.54) is 16.7 Å². The maximum atomic E-state index is 5.94. The smallest absolute Gasteiger partial charge is 0.154 e. The summed E-state index contributed by atoms with van der Waals surface area (Å²) in [5, 5.41) is 0. The van der Waals surface area contributed by atoms with Gasteiger partial charge in [-0.3, -0.25) is 4.90 Å². The summed E-state index contributed by atoms with van der Waals surface area (Å²) in [6.45, 7) is 1.77. The molecule has 0 bridgehead atoms. The first-order valence-corrected chi connectivity index (χ1v) is 7.32. The summed E-state index contributed by atoms with van der Waals surface area (Å²) >= 11 is 4.82. The fraction of sp³-hybridized carbons (Fsp3) is 0.533. The maximum absolute atomic E-state index is 5.94. The van der Waals surface area contributed by atoms with Gasteiger partial charge in [-0.05, 0) is 37.8 Å². The topological polar surface area (TPSA) is 30.9 Å². The number of nitrogens with zero attached hydrogens (tertiary/aromatic N) is 1. The lowest BCUT2D eigenvalue weighted by Crippen LogP contribution is -2.53. The van der Waals surface area contributed by atoms with Crippen molar-refractivity contribution in [2.45, 2.75) is 25.0 Å². The molecule has 3 rings (SSSR count). The molecular weight excluding hydrogens is 274 g/mol. The minimum absolute atomic E-state index is 0.223. The van der Waals surface area contributed by atoms with Crippen LogP contribution in [0.2, 0.25) is 0 Å². The number of likely N-dealkylation sites (N-methyl/N-ethyl adjacent to an activating group) is 1. The summed E-state index contributed by atoms with van der Waals surface area (Å²) in [6.07, 6.45) is 2.00. The normalized spacial score (nSPS) is 25.5. The van der Waals surface area contributed by atoms with E-state index in [1.54, 1.807) is 7.11 Å². The van der Waals surface area contributed by atoms with E-state index in [0.29, 0.717) is 6.04 Å². The third-order valence-corrected chi connectivity index (χ3v) is 4.43. The molecule has 1 aliphatic carbocycles. The van der Waals surface area contributed by atoms with Crippen molar-refractivity contribution >= 4 is 17.8 Å². The molecule has 0 radical (unpaired) electrons. The number of rotatable bonds is 3. The second-order valence-corrected chi connectivity index (χ2v) is 5.50. The standard InChI is InChI=1S/C15H19NO3S/c1-16-5-6-18-15-8-11-10(7-12(15)16)13(17-2)3-4-14(11)19-9-20/h3-4,9,12,15H,5-8H2,1-2H3. The molecule has 1 fully saturated rings. The van der Waals surface area contributed by atoms with Crippen LogP contribution >= 0.6 is 12.2 Å². The van der Waals surface area contributed by atoms with Crippen molar-refractivity contribution < 1.29 is 14.2 Å². The van der Waals surface area contributed by atoms with E-state index in [-0.39, 0.29) is 6.10 Å². The molecule has 1 aliphatic heterocycles. The van der Waals surface area contributed by atoms with Crippen molar-refractivity contribution in [2.75, 3.05) is 27.3 Å². The molecule has 20 heavy (non-hydrogen) atoms. The van der Waals surface area contributed by atoms with Crippen LogP contribution in [-0.2, 0) is 17.6 Å². The molecule has 0 N–H and O–H groups in total. The van der Waals surface area contributed by atoms with Gasteiger partial charge in [-0.25, -0.2) is 0 Å². The Morgan fingerprint density at radius 1 is 1.30 bits per heavy atom. The fourth-order valence-corrected chi connectivity index (χ4v) is 3.36. The highest BCUT2D eigenvalue weighted by molar-refractivity contribution is 7.78. The zero-order valence-corrected chi connectivity index (χ0v) is 12.6. The summed E-state index contributed by atoms with van der Waals surface area (Å²) in [4.78, 5) is 2.38. The molecular formula is C15H19NO3S. The van der Waals surface area contributed by atoms with Crippen LogP contribution in [0.25, 0.3) is 0 Å². The average Bonchev–Trinajstić information content (AvgIpc) is 2.47. The average molecular weight is 293 g/mol. The predicted octanol–water partition coefficient (Wildman–Crippen LogP) is 1.83. The number of hydrogen-bond donors (Lipinski definition) is 0. The Morgan fingerprint density at radius 3 is 2.80 bits per heavy atom. The van der Waals surface area contributed by atoms with Gasteiger partial charge in [-0.15, -0.1) is 0 Å². The first-order chi connectivity index (χ1) is 9.74. The van der Waals surface area contributed by atoms with Gasteiger partial charge in [0, 0.05) is 30.1 Å². The summed E-state index contributed by atoms with van der Waals surface area (Å²) in [6, 6.07) is 4.29. The van der Waals surface area contributed by atoms with Crippen molar-refractivity contribution in [2.24, 2.45) is 0 Å². The number of thiocarbonyl (C=S) groups is 1. The molecule has 0 spiro atoms. The van der Waals surface area contributed by atoms with Gasteiger partial charge in [0.05, 0.1) is 19.8 Å². The summed E-state index contributed by atoms with van der Waals surface area (Å²) in [5.41, 5.74) is 3.70. The van der Waals surface area contributed by atoms with Gasteiger partial charge in [-0.1, -0.05) is 0 Å². The molecule has 108 valence electrons. The molecule has 1 aromatic carbocycles. The largest absolute Gasteiger partial charge is 0.496 e. The number of fused-ring (bicyclic) bond motifs is 2. The molecule has 1 saturated heterocycles. The maximum Gasteiger partial charge on any atom is 0.154 e. The van der Waals surface area contributed by atoms with E-state index < -0.39 is 0 Å². The van der Waals surface area contributed by atoms with E-state index in [1.807, 2.05) is 12.1 Å². The van der Waals surface area contributed by atoms with Crippen LogP contribution in [0, 0.1) is 0 Å². The van der Waals surface area contributed by atoms with Crippen molar-refractivity contribution in [1.29, 1.82) is 0 Å². The van der Waals surface area contributed by atoms with Gasteiger partial charge in [0.1, 0.15) is 11.5 Å². The molecule has 0 aromatic heterocycles. The highest BCUT2D eigenvalue weighted by atomic mass is 32.1. The molecule has 4 nitrogen and oxygen atoms in total.